The van der Waals surface area contributed by atoms with Crippen LogP contribution in [0.2, 0.25) is 0 Å². The standard InChI is InChI=1S/C3H6O2.C2H4O2/c4-3-1-2-5-3;1-2(3)4/h3-4H,1-2H2;1H3,(H,3,4). The largest absolute Gasteiger partial charge is 0.481 e. The van der Waals surface area contributed by atoms with Crippen LogP contribution in [0.3, 0.4) is 0 Å². The Morgan fingerprint density at radius 1 is 1.78 bits per heavy atom. The van der Waals surface area contributed by atoms with E-state index in [2.05, 4.69) is 4.74 Å². The molecule has 0 bridgehead atoms. The van der Waals surface area contributed by atoms with Crippen molar-refractivity contribution in [3.63, 3.8) is 0 Å². The second-order valence-corrected chi connectivity index (χ2v) is 1.63. The summed E-state index contributed by atoms with van der Waals surface area (Å²) in [5.41, 5.74) is 0. The van der Waals surface area contributed by atoms with Crippen molar-refractivity contribution in [1.29, 1.82) is 0 Å². The molecule has 1 fully saturated rings. The van der Waals surface area contributed by atoms with Crippen LogP contribution in [0.5, 0.6) is 0 Å². The average molecular weight is 134 g/mol. The molecule has 0 radical (unpaired) electrons. The van der Waals surface area contributed by atoms with E-state index in [0.717, 1.165) is 20.0 Å². The topological polar surface area (TPSA) is 66.8 Å². The lowest BCUT2D eigenvalue weighted by atomic mass is 10.4. The number of carboxylic acid groups (broad SMARTS) is 1. The Labute approximate surface area is 53.1 Å². The van der Waals surface area contributed by atoms with Crippen LogP contribution in [-0.4, -0.2) is 29.1 Å². The first-order valence-electron chi connectivity index (χ1n) is 2.62. The van der Waals surface area contributed by atoms with E-state index in [1.165, 1.54) is 0 Å². The molecule has 0 aromatic heterocycles. The molecule has 1 saturated heterocycles. The Balaban J connectivity index is 0.000000148. The van der Waals surface area contributed by atoms with Gasteiger partial charge in [-0.1, -0.05) is 0 Å². The number of hydrogen-bond acceptors (Lipinski definition) is 3. The molecular formula is C5H10O4. The molecule has 0 aromatic carbocycles. The number of carbonyl (C=O) groups is 1. The van der Waals surface area contributed by atoms with E-state index in [0.29, 0.717) is 0 Å². The first-order valence-corrected chi connectivity index (χ1v) is 2.62. The molecule has 4 heteroatoms. The summed E-state index contributed by atoms with van der Waals surface area (Å²) >= 11 is 0. The van der Waals surface area contributed by atoms with Gasteiger partial charge in [-0.3, -0.25) is 4.79 Å². The Kier molecular flexibility index (Phi) is 4.00. The van der Waals surface area contributed by atoms with Crippen LogP contribution in [0.15, 0.2) is 0 Å². The monoisotopic (exact) mass is 134 g/mol. The molecule has 0 aliphatic carbocycles. The zero-order valence-corrected chi connectivity index (χ0v) is 5.20. The molecule has 1 atom stereocenters. The fourth-order valence-electron chi connectivity index (χ4n) is 0.223. The summed E-state index contributed by atoms with van der Waals surface area (Å²) in [6.07, 6.45) is 0.384. The minimum Gasteiger partial charge on any atom is -0.481 e. The molecule has 1 rings (SSSR count). The molecule has 1 heterocycles. The maximum Gasteiger partial charge on any atom is 0.300 e. The number of ether oxygens (including phenoxy) is 1. The van der Waals surface area contributed by atoms with Gasteiger partial charge >= 0.3 is 0 Å². The maximum atomic E-state index is 9.00. The quantitative estimate of drug-likeness (QED) is 0.482. The van der Waals surface area contributed by atoms with Crippen LogP contribution in [0.1, 0.15) is 13.3 Å². The van der Waals surface area contributed by atoms with Crippen molar-refractivity contribution in [2.24, 2.45) is 0 Å². The summed E-state index contributed by atoms with van der Waals surface area (Å²) in [6.45, 7) is 1.82. The third kappa shape index (κ3) is 7.39. The Hall–Kier alpha value is -0.610. The Bertz CT molecular complexity index is 83.0. The van der Waals surface area contributed by atoms with Gasteiger partial charge in [-0.2, -0.15) is 0 Å². The van der Waals surface area contributed by atoms with Gasteiger partial charge in [-0.15, -0.1) is 0 Å². The zero-order chi connectivity index (χ0) is 7.28. The average Bonchev–Trinajstić information content (AvgIpc) is 1.59. The fourth-order valence-corrected chi connectivity index (χ4v) is 0.223. The van der Waals surface area contributed by atoms with Gasteiger partial charge in [0.25, 0.3) is 5.97 Å². The number of rotatable bonds is 0. The lowest BCUT2D eigenvalue weighted by Crippen LogP contribution is -2.25. The minimum absolute atomic E-state index is 0.435. The molecule has 54 valence electrons. The lowest BCUT2D eigenvalue weighted by Gasteiger charge is -2.19. The molecule has 1 aliphatic rings. The van der Waals surface area contributed by atoms with E-state index in [1.54, 1.807) is 0 Å². The van der Waals surface area contributed by atoms with Crippen molar-refractivity contribution in [3.05, 3.63) is 0 Å². The molecule has 2 N–H and O–H groups in total. The molecule has 1 aliphatic heterocycles. The molecule has 4 nitrogen and oxygen atoms in total. The second kappa shape index (κ2) is 4.29. The van der Waals surface area contributed by atoms with E-state index in [9.17, 15) is 0 Å². The number of hydrogen-bond donors (Lipinski definition) is 2. The van der Waals surface area contributed by atoms with E-state index in [4.69, 9.17) is 15.0 Å². The molecule has 0 saturated carbocycles. The smallest absolute Gasteiger partial charge is 0.300 e. The molecule has 1 unspecified atom stereocenters. The first-order chi connectivity index (χ1) is 4.13. The van der Waals surface area contributed by atoms with Crippen LogP contribution < -0.4 is 0 Å². The van der Waals surface area contributed by atoms with Crippen LogP contribution >= 0.6 is 0 Å². The van der Waals surface area contributed by atoms with Gasteiger partial charge in [0.15, 0.2) is 6.29 Å². The third-order valence-electron chi connectivity index (χ3n) is 0.675. The normalized spacial score (nSPS) is 23.1. The maximum absolute atomic E-state index is 9.00. The van der Waals surface area contributed by atoms with E-state index in [1.807, 2.05) is 0 Å². The number of aliphatic hydroxyl groups excluding tert-OH is 1. The van der Waals surface area contributed by atoms with Crippen molar-refractivity contribution >= 4 is 5.97 Å². The molecule has 9 heavy (non-hydrogen) atoms. The molecule has 0 aromatic rings. The fraction of sp³-hybridized carbons (Fsp3) is 0.800. The predicted molar refractivity (Wildman–Crippen MR) is 29.9 cm³/mol. The van der Waals surface area contributed by atoms with Gasteiger partial charge in [0, 0.05) is 13.3 Å². The summed E-state index contributed by atoms with van der Waals surface area (Å²) < 4.78 is 4.49. The van der Waals surface area contributed by atoms with Crippen molar-refractivity contribution in [3.8, 4) is 0 Å². The number of aliphatic carboxylic acids is 1. The first kappa shape index (κ1) is 8.39. The van der Waals surface area contributed by atoms with E-state index < -0.39 is 12.3 Å². The SMILES string of the molecule is CC(=O)O.OC1CCO1. The van der Waals surface area contributed by atoms with Crippen molar-refractivity contribution in [2.45, 2.75) is 19.6 Å². The molecular weight excluding hydrogens is 124 g/mol. The predicted octanol–water partition coefficient (Wildman–Crippen LogP) is -0.184. The van der Waals surface area contributed by atoms with Crippen molar-refractivity contribution in [1.82, 2.24) is 0 Å². The highest BCUT2D eigenvalue weighted by Gasteiger charge is 2.11. The summed E-state index contributed by atoms with van der Waals surface area (Å²) in [6, 6.07) is 0. The Morgan fingerprint density at radius 3 is 2.00 bits per heavy atom. The van der Waals surface area contributed by atoms with Crippen LogP contribution in [-0.2, 0) is 9.53 Å². The van der Waals surface area contributed by atoms with Gasteiger partial charge < -0.3 is 14.9 Å². The zero-order valence-electron chi connectivity index (χ0n) is 5.20. The van der Waals surface area contributed by atoms with Crippen molar-refractivity contribution < 1.29 is 19.7 Å². The minimum atomic E-state index is -0.833. The summed E-state index contributed by atoms with van der Waals surface area (Å²) in [7, 11) is 0. The second-order valence-electron chi connectivity index (χ2n) is 1.63. The van der Waals surface area contributed by atoms with E-state index in [-0.39, 0.29) is 0 Å². The van der Waals surface area contributed by atoms with Crippen LogP contribution in [0, 0.1) is 0 Å². The highest BCUT2D eigenvalue weighted by molar-refractivity contribution is 5.62. The van der Waals surface area contributed by atoms with Gasteiger partial charge in [-0.25, -0.2) is 0 Å². The van der Waals surface area contributed by atoms with Gasteiger partial charge in [0.05, 0.1) is 6.61 Å². The van der Waals surface area contributed by atoms with E-state index >= 15 is 0 Å². The third-order valence-corrected chi connectivity index (χ3v) is 0.675. The van der Waals surface area contributed by atoms with Gasteiger partial charge in [0.2, 0.25) is 0 Å². The van der Waals surface area contributed by atoms with Crippen LogP contribution in [0.4, 0.5) is 0 Å². The van der Waals surface area contributed by atoms with Crippen molar-refractivity contribution in [2.75, 3.05) is 6.61 Å². The summed E-state index contributed by atoms with van der Waals surface area (Å²) in [5.74, 6) is -0.833. The highest BCUT2D eigenvalue weighted by Crippen LogP contribution is 2.04. The number of carboxylic acids is 1. The lowest BCUT2D eigenvalue weighted by molar-refractivity contribution is -0.182. The highest BCUT2D eigenvalue weighted by atomic mass is 16.6. The van der Waals surface area contributed by atoms with Gasteiger partial charge in [0.1, 0.15) is 0 Å². The summed E-state index contributed by atoms with van der Waals surface area (Å²) in [5, 5.41) is 15.6. The number of aliphatic hydroxyl groups is 1. The molecule has 0 spiro atoms. The van der Waals surface area contributed by atoms with Crippen LogP contribution in [0.25, 0.3) is 0 Å². The molecule has 0 amide bonds. The summed E-state index contributed by atoms with van der Waals surface area (Å²) in [4.78, 5) is 9.00. The van der Waals surface area contributed by atoms with Gasteiger partial charge in [-0.05, 0) is 0 Å². The Morgan fingerprint density at radius 2 is 2.00 bits per heavy atom.